The van der Waals surface area contributed by atoms with Crippen LogP contribution in [0.4, 0.5) is 0 Å². The quantitative estimate of drug-likeness (QED) is 0.796. The van der Waals surface area contributed by atoms with Gasteiger partial charge in [-0.25, -0.2) is 0 Å². The van der Waals surface area contributed by atoms with Gasteiger partial charge in [0, 0.05) is 13.3 Å². The molecule has 1 saturated carbocycles. The van der Waals surface area contributed by atoms with Gasteiger partial charge in [0.1, 0.15) is 5.60 Å². The maximum absolute atomic E-state index is 11.5. The number of hydrogen-bond donors (Lipinski definition) is 1. The predicted octanol–water partition coefficient (Wildman–Crippen LogP) is 3.25. The number of carboxylic acid groups (broad SMARTS) is 1. The molecule has 0 heterocycles. The first kappa shape index (κ1) is 16.0. The number of carbonyl (C=O) groups excluding carboxylic acids is 1. The van der Waals surface area contributed by atoms with E-state index in [1.807, 2.05) is 6.92 Å². The van der Waals surface area contributed by atoms with Crippen molar-refractivity contribution in [2.75, 3.05) is 0 Å². The molecular formula is C15H26O4. The summed E-state index contributed by atoms with van der Waals surface area (Å²) in [6, 6.07) is 0. The van der Waals surface area contributed by atoms with Crippen LogP contribution in [0.15, 0.2) is 0 Å². The summed E-state index contributed by atoms with van der Waals surface area (Å²) in [4.78, 5) is 22.8. The number of carbonyl (C=O) groups is 2. The van der Waals surface area contributed by atoms with E-state index >= 15 is 0 Å². The lowest BCUT2D eigenvalue weighted by atomic mass is 9.63. The SMILES string of the molecule is CC(=O)OC1(C)CC(CC(C)C)CC(C)(C(=O)O)C1. The molecule has 0 aliphatic heterocycles. The summed E-state index contributed by atoms with van der Waals surface area (Å²) in [6.07, 6.45) is 2.79. The Balaban J connectivity index is 2.95. The minimum Gasteiger partial charge on any atom is -0.481 e. The number of carboxylic acids is 1. The maximum atomic E-state index is 11.5. The lowest BCUT2D eigenvalue weighted by Gasteiger charge is -2.45. The molecule has 0 radical (unpaired) electrons. The van der Waals surface area contributed by atoms with Crippen LogP contribution in [-0.2, 0) is 14.3 Å². The van der Waals surface area contributed by atoms with E-state index in [2.05, 4.69) is 13.8 Å². The van der Waals surface area contributed by atoms with E-state index in [1.165, 1.54) is 6.92 Å². The molecule has 1 fully saturated rings. The molecule has 4 nitrogen and oxygen atoms in total. The van der Waals surface area contributed by atoms with Gasteiger partial charge >= 0.3 is 11.9 Å². The number of ether oxygens (including phenoxy) is 1. The minimum absolute atomic E-state index is 0.291. The molecule has 110 valence electrons. The average Bonchev–Trinajstić information content (AvgIpc) is 2.11. The zero-order valence-electron chi connectivity index (χ0n) is 12.7. The van der Waals surface area contributed by atoms with Crippen LogP contribution in [0.3, 0.4) is 0 Å². The summed E-state index contributed by atoms with van der Waals surface area (Å²) < 4.78 is 5.43. The Kier molecular flexibility index (Phi) is 4.64. The molecule has 19 heavy (non-hydrogen) atoms. The first-order valence-electron chi connectivity index (χ1n) is 6.99. The highest BCUT2D eigenvalue weighted by Gasteiger charge is 2.49. The largest absolute Gasteiger partial charge is 0.481 e. The van der Waals surface area contributed by atoms with Crippen LogP contribution in [0, 0.1) is 17.3 Å². The maximum Gasteiger partial charge on any atom is 0.309 e. The van der Waals surface area contributed by atoms with Crippen molar-refractivity contribution in [2.24, 2.45) is 17.3 Å². The van der Waals surface area contributed by atoms with Crippen molar-refractivity contribution in [1.29, 1.82) is 0 Å². The van der Waals surface area contributed by atoms with E-state index < -0.39 is 17.0 Å². The second kappa shape index (κ2) is 5.51. The number of rotatable bonds is 4. The average molecular weight is 270 g/mol. The summed E-state index contributed by atoms with van der Waals surface area (Å²) in [6.45, 7) is 9.28. The number of aliphatic carboxylic acids is 1. The highest BCUT2D eigenvalue weighted by molar-refractivity contribution is 5.74. The molecule has 0 amide bonds. The second-order valence-electron chi connectivity index (χ2n) is 6.99. The molecule has 4 heteroatoms. The number of hydrogen-bond acceptors (Lipinski definition) is 3. The Morgan fingerprint density at radius 3 is 2.32 bits per heavy atom. The van der Waals surface area contributed by atoms with Crippen molar-refractivity contribution in [2.45, 2.75) is 65.9 Å². The second-order valence-corrected chi connectivity index (χ2v) is 6.99. The van der Waals surface area contributed by atoms with Gasteiger partial charge in [-0.15, -0.1) is 0 Å². The Morgan fingerprint density at radius 2 is 1.89 bits per heavy atom. The van der Waals surface area contributed by atoms with Gasteiger partial charge in [-0.2, -0.15) is 0 Å². The third kappa shape index (κ3) is 4.22. The lowest BCUT2D eigenvalue weighted by molar-refractivity contribution is -0.175. The van der Waals surface area contributed by atoms with Gasteiger partial charge in [0.15, 0.2) is 0 Å². The van der Waals surface area contributed by atoms with E-state index in [9.17, 15) is 14.7 Å². The lowest BCUT2D eigenvalue weighted by Crippen LogP contribution is -2.48. The summed E-state index contributed by atoms with van der Waals surface area (Å²) in [5.41, 5.74) is -1.46. The molecule has 0 saturated heterocycles. The van der Waals surface area contributed by atoms with E-state index in [1.54, 1.807) is 6.92 Å². The molecule has 3 atom stereocenters. The van der Waals surface area contributed by atoms with Gasteiger partial charge < -0.3 is 9.84 Å². The summed E-state index contributed by atoms with van der Waals surface area (Å²) >= 11 is 0. The van der Waals surface area contributed by atoms with Crippen LogP contribution in [0.5, 0.6) is 0 Å². The molecule has 3 unspecified atom stereocenters. The Morgan fingerprint density at radius 1 is 1.32 bits per heavy atom. The molecule has 0 aromatic heterocycles. The fraction of sp³-hybridized carbons (Fsp3) is 0.867. The molecular weight excluding hydrogens is 244 g/mol. The minimum atomic E-state index is -0.804. The Hall–Kier alpha value is -1.06. The highest BCUT2D eigenvalue weighted by Crippen LogP contribution is 2.47. The summed E-state index contributed by atoms with van der Waals surface area (Å²) in [5.74, 6) is -0.318. The molecule has 0 bridgehead atoms. The number of esters is 1. The van der Waals surface area contributed by atoms with Crippen molar-refractivity contribution in [1.82, 2.24) is 0 Å². The smallest absolute Gasteiger partial charge is 0.309 e. The Bertz CT molecular complexity index is 363. The van der Waals surface area contributed by atoms with Crippen molar-refractivity contribution >= 4 is 11.9 Å². The highest BCUT2D eigenvalue weighted by atomic mass is 16.6. The zero-order valence-corrected chi connectivity index (χ0v) is 12.7. The molecule has 1 rings (SSSR count). The van der Waals surface area contributed by atoms with Gasteiger partial charge in [-0.05, 0) is 44.9 Å². The fourth-order valence-electron chi connectivity index (χ4n) is 3.71. The topological polar surface area (TPSA) is 63.6 Å². The zero-order chi connectivity index (χ0) is 14.8. The van der Waals surface area contributed by atoms with E-state index in [-0.39, 0.29) is 5.97 Å². The van der Waals surface area contributed by atoms with E-state index in [0.29, 0.717) is 24.7 Å². The summed E-state index contributed by atoms with van der Waals surface area (Å²) in [5, 5.41) is 9.48. The van der Waals surface area contributed by atoms with E-state index in [0.717, 1.165) is 12.8 Å². The van der Waals surface area contributed by atoms with Gasteiger partial charge in [-0.3, -0.25) is 9.59 Å². The van der Waals surface area contributed by atoms with Crippen LogP contribution in [-0.4, -0.2) is 22.6 Å². The Labute approximate surface area is 115 Å². The predicted molar refractivity (Wildman–Crippen MR) is 72.7 cm³/mol. The van der Waals surface area contributed by atoms with Crippen LogP contribution in [0.1, 0.15) is 60.3 Å². The van der Waals surface area contributed by atoms with Crippen LogP contribution in [0.2, 0.25) is 0 Å². The normalized spacial score (nSPS) is 35.2. The third-order valence-corrected chi connectivity index (χ3v) is 3.93. The molecule has 1 aliphatic carbocycles. The monoisotopic (exact) mass is 270 g/mol. The van der Waals surface area contributed by atoms with Gasteiger partial charge in [0.05, 0.1) is 5.41 Å². The van der Waals surface area contributed by atoms with Crippen molar-refractivity contribution in [3.8, 4) is 0 Å². The summed E-state index contributed by atoms with van der Waals surface area (Å²) in [7, 11) is 0. The first-order chi connectivity index (χ1) is 8.56. The van der Waals surface area contributed by atoms with Gasteiger partial charge in [-0.1, -0.05) is 13.8 Å². The van der Waals surface area contributed by atoms with Crippen LogP contribution < -0.4 is 0 Å². The standard InChI is InChI=1S/C15H26O4/c1-10(2)6-12-7-14(4,13(17)18)9-15(5,8-12)19-11(3)16/h10,12H,6-9H2,1-5H3,(H,17,18). The van der Waals surface area contributed by atoms with Crippen LogP contribution in [0.25, 0.3) is 0 Å². The molecule has 1 aliphatic rings. The van der Waals surface area contributed by atoms with E-state index in [4.69, 9.17) is 4.74 Å². The van der Waals surface area contributed by atoms with Gasteiger partial charge in [0.2, 0.25) is 0 Å². The molecule has 1 N–H and O–H groups in total. The first-order valence-corrected chi connectivity index (χ1v) is 6.99. The van der Waals surface area contributed by atoms with Crippen molar-refractivity contribution in [3.05, 3.63) is 0 Å². The van der Waals surface area contributed by atoms with Crippen molar-refractivity contribution in [3.63, 3.8) is 0 Å². The fourth-order valence-corrected chi connectivity index (χ4v) is 3.71. The molecule has 0 aromatic rings. The van der Waals surface area contributed by atoms with Gasteiger partial charge in [0.25, 0.3) is 0 Å². The molecule has 0 aromatic carbocycles. The van der Waals surface area contributed by atoms with Crippen molar-refractivity contribution < 1.29 is 19.4 Å². The third-order valence-electron chi connectivity index (χ3n) is 3.93. The van der Waals surface area contributed by atoms with Crippen LogP contribution >= 0.6 is 0 Å². The molecule has 0 spiro atoms.